The lowest BCUT2D eigenvalue weighted by atomic mass is 10.0. The second-order valence-corrected chi connectivity index (χ2v) is 4.80. The summed E-state index contributed by atoms with van der Waals surface area (Å²) in [4.78, 5) is 11.1. The molecule has 100 valence electrons. The molecule has 2 atom stereocenters. The van der Waals surface area contributed by atoms with Gasteiger partial charge in [-0.05, 0) is 17.9 Å². The molecule has 0 spiro atoms. The second-order valence-electron chi connectivity index (χ2n) is 4.80. The van der Waals surface area contributed by atoms with Gasteiger partial charge in [-0.1, -0.05) is 44.2 Å². The average molecular weight is 251 g/mol. The summed E-state index contributed by atoms with van der Waals surface area (Å²) in [5.74, 6) is -0.899. The first kappa shape index (κ1) is 14.7. The molecule has 0 radical (unpaired) electrons. The summed E-state index contributed by atoms with van der Waals surface area (Å²) in [6, 6.07) is 8.85. The number of nitrogens with one attached hydrogen (secondary N) is 1. The van der Waals surface area contributed by atoms with Crippen LogP contribution < -0.4 is 5.32 Å². The van der Waals surface area contributed by atoms with Gasteiger partial charge in [0.2, 0.25) is 0 Å². The molecule has 1 rings (SSSR count). The van der Waals surface area contributed by atoms with Crippen molar-refractivity contribution in [2.45, 2.75) is 32.4 Å². The average Bonchev–Trinajstić information content (AvgIpc) is 2.34. The van der Waals surface area contributed by atoms with E-state index in [9.17, 15) is 9.90 Å². The summed E-state index contributed by atoms with van der Waals surface area (Å²) in [5.41, 5.74) is 1.08. The Kier molecular flexibility index (Phi) is 5.82. The molecule has 0 aliphatic heterocycles. The summed E-state index contributed by atoms with van der Waals surface area (Å²) < 4.78 is 0. The topological polar surface area (TPSA) is 69.6 Å². The van der Waals surface area contributed by atoms with E-state index < -0.39 is 12.0 Å². The fourth-order valence-corrected chi connectivity index (χ4v) is 1.88. The molecule has 0 heterocycles. The highest BCUT2D eigenvalue weighted by Crippen LogP contribution is 2.07. The Hall–Kier alpha value is -1.39. The normalized spacial score (nSPS) is 14.4. The molecule has 0 saturated heterocycles. The molecule has 1 aromatic carbocycles. The minimum absolute atomic E-state index is 0.0210. The highest BCUT2D eigenvalue weighted by molar-refractivity contribution is 5.73. The fraction of sp³-hybridized carbons (Fsp3) is 0.500. The number of aliphatic hydroxyl groups excluding tert-OH is 1. The lowest BCUT2D eigenvalue weighted by Crippen LogP contribution is -2.48. The van der Waals surface area contributed by atoms with E-state index in [1.165, 1.54) is 0 Å². The molecular weight excluding hydrogens is 230 g/mol. The van der Waals surface area contributed by atoms with Crippen molar-refractivity contribution in [2.75, 3.05) is 6.61 Å². The molecule has 0 saturated carbocycles. The van der Waals surface area contributed by atoms with E-state index in [0.29, 0.717) is 6.42 Å². The van der Waals surface area contributed by atoms with Gasteiger partial charge < -0.3 is 10.2 Å². The molecule has 4 nitrogen and oxygen atoms in total. The number of carbonyl (C=O) groups is 1. The van der Waals surface area contributed by atoms with Crippen molar-refractivity contribution in [1.82, 2.24) is 5.32 Å². The van der Waals surface area contributed by atoms with Crippen LogP contribution in [0.5, 0.6) is 0 Å². The van der Waals surface area contributed by atoms with Crippen LogP contribution in [0.1, 0.15) is 19.4 Å². The quantitative estimate of drug-likeness (QED) is 0.683. The van der Waals surface area contributed by atoms with Gasteiger partial charge >= 0.3 is 5.97 Å². The molecule has 0 aromatic heterocycles. The highest BCUT2D eigenvalue weighted by atomic mass is 16.4. The molecule has 0 amide bonds. The van der Waals surface area contributed by atoms with E-state index in [1.807, 2.05) is 44.2 Å². The van der Waals surface area contributed by atoms with Crippen LogP contribution in [0, 0.1) is 5.92 Å². The van der Waals surface area contributed by atoms with E-state index in [1.54, 1.807) is 0 Å². The molecule has 1 aromatic rings. The SMILES string of the molecule is CC(C)C(NC(CO)Cc1ccccc1)C(=O)O. The molecule has 0 aliphatic carbocycles. The predicted octanol–water partition coefficient (Wildman–Crippen LogP) is 1.29. The maximum absolute atomic E-state index is 11.1. The summed E-state index contributed by atoms with van der Waals surface area (Å²) in [6.07, 6.45) is 0.619. The first-order chi connectivity index (χ1) is 8.54. The van der Waals surface area contributed by atoms with Gasteiger partial charge in [0.15, 0.2) is 0 Å². The predicted molar refractivity (Wildman–Crippen MR) is 70.4 cm³/mol. The van der Waals surface area contributed by atoms with E-state index in [0.717, 1.165) is 5.56 Å². The van der Waals surface area contributed by atoms with Gasteiger partial charge in [0.1, 0.15) is 6.04 Å². The Balaban J connectivity index is 2.64. The van der Waals surface area contributed by atoms with Crippen LogP contribution >= 0.6 is 0 Å². The van der Waals surface area contributed by atoms with Gasteiger partial charge in [-0.3, -0.25) is 10.1 Å². The van der Waals surface area contributed by atoms with Crippen molar-refractivity contribution in [3.05, 3.63) is 35.9 Å². The van der Waals surface area contributed by atoms with Crippen molar-refractivity contribution in [1.29, 1.82) is 0 Å². The molecular formula is C14H21NO3. The van der Waals surface area contributed by atoms with Crippen LogP contribution in [-0.2, 0) is 11.2 Å². The number of aliphatic hydroxyl groups is 1. The van der Waals surface area contributed by atoms with Crippen molar-refractivity contribution in [2.24, 2.45) is 5.92 Å². The maximum atomic E-state index is 11.1. The van der Waals surface area contributed by atoms with Gasteiger partial charge in [-0.15, -0.1) is 0 Å². The Morgan fingerprint density at radius 3 is 2.33 bits per heavy atom. The third-order valence-electron chi connectivity index (χ3n) is 2.89. The monoisotopic (exact) mass is 251 g/mol. The Morgan fingerprint density at radius 2 is 1.89 bits per heavy atom. The molecule has 2 unspecified atom stereocenters. The van der Waals surface area contributed by atoms with Crippen molar-refractivity contribution >= 4 is 5.97 Å². The lowest BCUT2D eigenvalue weighted by molar-refractivity contribution is -0.141. The molecule has 0 aliphatic rings. The van der Waals surface area contributed by atoms with E-state index in [2.05, 4.69) is 5.32 Å². The second kappa shape index (κ2) is 7.13. The standard InChI is InChI=1S/C14H21NO3/c1-10(2)13(14(17)18)15-12(9-16)8-11-6-4-3-5-7-11/h3-7,10,12-13,15-16H,8-9H2,1-2H3,(H,17,18). The zero-order valence-electron chi connectivity index (χ0n) is 10.8. The van der Waals surface area contributed by atoms with Crippen molar-refractivity contribution < 1.29 is 15.0 Å². The Bertz CT molecular complexity index is 365. The number of hydrogen-bond donors (Lipinski definition) is 3. The third-order valence-corrected chi connectivity index (χ3v) is 2.89. The summed E-state index contributed by atoms with van der Waals surface area (Å²) in [7, 11) is 0. The van der Waals surface area contributed by atoms with Gasteiger partial charge in [-0.25, -0.2) is 0 Å². The van der Waals surface area contributed by atoms with Gasteiger partial charge in [0.25, 0.3) is 0 Å². The minimum atomic E-state index is -0.878. The van der Waals surface area contributed by atoms with Crippen LogP contribution in [0.25, 0.3) is 0 Å². The van der Waals surface area contributed by atoms with Crippen LogP contribution in [0.3, 0.4) is 0 Å². The van der Waals surface area contributed by atoms with Crippen molar-refractivity contribution in [3.8, 4) is 0 Å². The summed E-state index contributed by atoms with van der Waals surface area (Å²) in [6.45, 7) is 3.62. The highest BCUT2D eigenvalue weighted by Gasteiger charge is 2.24. The molecule has 0 fully saturated rings. The van der Waals surface area contributed by atoms with Gasteiger partial charge in [-0.2, -0.15) is 0 Å². The number of hydrogen-bond acceptors (Lipinski definition) is 3. The van der Waals surface area contributed by atoms with Crippen molar-refractivity contribution in [3.63, 3.8) is 0 Å². The molecule has 0 bridgehead atoms. The fourth-order valence-electron chi connectivity index (χ4n) is 1.88. The van der Waals surface area contributed by atoms with Crippen LogP contribution in [-0.4, -0.2) is 34.9 Å². The number of rotatable bonds is 7. The zero-order valence-corrected chi connectivity index (χ0v) is 10.8. The minimum Gasteiger partial charge on any atom is -0.480 e. The first-order valence-electron chi connectivity index (χ1n) is 6.18. The Morgan fingerprint density at radius 1 is 1.28 bits per heavy atom. The number of benzene rings is 1. The first-order valence-corrected chi connectivity index (χ1v) is 6.18. The van der Waals surface area contributed by atoms with E-state index in [-0.39, 0.29) is 18.6 Å². The maximum Gasteiger partial charge on any atom is 0.320 e. The van der Waals surface area contributed by atoms with Gasteiger partial charge in [0.05, 0.1) is 6.61 Å². The van der Waals surface area contributed by atoms with Crippen LogP contribution in [0.4, 0.5) is 0 Å². The molecule has 18 heavy (non-hydrogen) atoms. The van der Waals surface area contributed by atoms with Crippen LogP contribution in [0.2, 0.25) is 0 Å². The zero-order chi connectivity index (χ0) is 13.5. The largest absolute Gasteiger partial charge is 0.480 e. The number of aliphatic carboxylic acids is 1. The molecule has 3 N–H and O–H groups in total. The van der Waals surface area contributed by atoms with Crippen LogP contribution in [0.15, 0.2) is 30.3 Å². The van der Waals surface area contributed by atoms with E-state index >= 15 is 0 Å². The summed E-state index contributed by atoms with van der Waals surface area (Å²) in [5, 5.41) is 21.5. The lowest BCUT2D eigenvalue weighted by Gasteiger charge is -2.24. The smallest absolute Gasteiger partial charge is 0.320 e. The van der Waals surface area contributed by atoms with E-state index in [4.69, 9.17) is 5.11 Å². The summed E-state index contributed by atoms with van der Waals surface area (Å²) >= 11 is 0. The van der Waals surface area contributed by atoms with Gasteiger partial charge in [0, 0.05) is 6.04 Å². The molecule has 4 heteroatoms. The Labute approximate surface area is 108 Å². The number of carboxylic acid groups (broad SMARTS) is 1. The third kappa shape index (κ3) is 4.47. The number of carboxylic acids is 1.